The van der Waals surface area contributed by atoms with Crippen molar-refractivity contribution in [3.8, 4) is 40.1 Å². The summed E-state index contributed by atoms with van der Waals surface area (Å²) in [4.78, 5) is 13.7. The highest BCUT2D eigenvalue weighted by atomic mass is 16.8. The van der Waals surface area contributed by atoms with Gasteiger partial charge in [-0.2, -0.15) is 0 Å². The van der Waals surface area contributed by atoms with Gasteiger partial charge in [0, 0.05) is 17.7 Å². The molecule has 9 N–H and O–H groups in total. The Labute approximate surface area is 230 Å². The van der Waals surface area contributed by atoms with Crippen molar-refractivity contribution in [1.29, 1.82) is 0 Å². The number of aromatic hydroxyl groups is 4. The fraction of sp³-hybridized carbons (Fsp3) is 0.423. The quantitative estimate of drug-likeness (QED) is 0.158. The average molecular weight is 580 g/mol. The summed E-state index contributed by atoms with van der Waals surface area (Å²) in [6.45, 7) is -0.0159. The number of benzene rings is 2. The molecule has 0 unspecified atom stereocenters. The summed E-state index contributed by atoms with van der Waals surface area (Å²) >= 11 is 0. The van der Waals surface area contributed by atoms with Gasteiger partial charge >= 0.3 is 0 Å². The number of ether oxygens (including phenoxy) is 4. The monoisotopic (exact) mass is 580 g/mol. The van der Waals surface area contributed by atoms with Crippen LogP contribution in [0.25, 0.3) is 22.3 Å². The Hall–Kier alpha value is -3.67. The zero-order valence-electron chi connectivity index (χ0n) is 21.3. The first-order valence-corrected chi connectivity index (χ1v) is 12.4. The van der Waals surface area contributed by atoms with Crippen molar-refractivity contribution >= 4 is 11.0 Å². The zero-order valence-corrected chi connectivity index (χ0v) is 21.3. The molecule has 222 valence electrons. The number of aliphatic hydroxyl groups excluding tert-OH is 4. The Morgan fingerprint density at radius 1 is 0.976 bits per heavy atom. The third-order valence-electron chi connectivity index (χ3n) is 7.04. The molecule has 2 aromatic carbocycles. The Morgan fingerprint density at radius 2 is 1.71 bits per heavy atom. The fourth-order valence-electron chi connectivity index (χ4n) is 4.65. The van der Waals surface area contributed by atoms with Gasteiger partial charge in [-0.05, 0) is 25.1 Å². The maximum Gasteiger partial charge on any atom is 0.239 e. The first kappa shape index (κ1) is 28.8. The lowest BCUT2D eigenvalue weighted by Crippen LogP contribution is -2.61. The number of aliphatic hydroxyl groups is 5. The summed E-state index contributed by atoms with van der Waals surface area (Å²) in [7, 11) is 0. The van der Waals surface area contributed by atoms with Crippen LogP contribution < -0.4 is 10.2 Å². The lowest BCUT2D eigenvalue weighted by atomic mass is 9.98. The highest BCUT2D eigenvalue weighted by Crippen LogP contribution is 2.40. The second-order valence-electron chi connectivity index (χ2n) is 9.93. The molecule has 0 bridgehead atoms. The van der Waals surface area contributed by atoms with Gasteiger partial charge in [-0.1, -0.05) is 0 Å². The molecule has 0 radical (unpaired) electrons. The van der Waals surface area contributed by atoms with E-state index in [1.165, 1.54) is 13.0 Å². The predicted molar refractivity (Wildman–Crippen MR) is 134 cm³/mol. The molecule has 1 aromatic heterocycles. The molecule has 5 rings (SSSR count). The minimum absolute atomic E-state index is 0.00148. The number of rotatable bonds is 6. The van der Waals surface area contributed by atoms with E-state index in [-0.39, 0.29) is 16.9 Å². The van der Waals surface area contributed by atoms with Gasteiger partial charge in [-0.3, -0.25) is 4.79 Å². The van der Waals surface area contributed by atoms with E-state index in [0.29, 0.717) is 0 Å². The molecular weight excluding hydrogens is 552 g/mol. The van der Waals surface area contributed by atoms with Crippen LogP contribution >= 0.6 is 0 Å². The van der Waals surface area contributed by atoms with E-state index in [4.69, 9.17) is 23.4 Å². The minimum atomic E-state index is -2.08. The Morgan fingerprint density at radius 3 is 2.37 bits per heavy atom. The molecule has 2 saturated heterocycles. The van der Waals surface area contributed by atoms with Crippen LogP contribution in [-0.2, 0) is 14.2 Å². The summed E-state index contributed by atoms with van der Waals surface area (Å²) in [5.74, 6) is -3.14. The Kier molecular flexibility index (Phi) is 7.47. The summed E-state index contributed by atoms with van der Waals surface area (Å²) in [6, 6.07) is 5.36. The Balaban J connectivity index is 1.61. The molecule has 41 heavy (non-hydrogen) atoms. The first-order chi connectivity index (χ1) is 19.3. The van der Waals surface area contributed by atoms with E-state index in [1.807, 2.05) is 0 Å². The largest absolute Gasteiger partial charge is 0.508 e. The predicted octanol–water partition coefficient (Wildman–Crippen LogP) is -1.05. The van der Waals surface area contributed by atoms with Crippen LogP contribution in [-0.4, -0.2) is 108 Å². The summed E-state index contributed by atoms with van der Waals surface area (Å²) < 4.78 is 28.2. The van der Waals surface area contributed by atoms with Crippen molar-refractivity contribution < 1.29 is 69.3 Å². The smallest absolute Gasteiger partial charge is 0.239 e. The van der Waals surface area contributed by atoms with Crippen LogP contribution in [0.1, 0.15) is 6.92 Å². The maximum absolute atomic E-state index is 13.7. The van der Waals surface area contributed by atoms with Crippen LogP contribution in [0.2, 0.25) is 0 Å². The molecule has 2 aliphatic heterocycles. The van der Waals surface area contributed by atoms with Gasteiger partial charge in [0.25, 0.3) is 0 Å². The van der Waals surface area contributed by atoms with Crippen molar-refractivity contribution in [2.24, 2.45) is 0 Å². The van der Waals surface area contributed by atoms with Crippen LogP contribution in [0.3, 0.4) is 0 Å². The second-order valence-corrected chi connectivity index (χ2v) is 9.93. The van der Waals surface area contributed by atoms with E-state index in [1.54, 1.807) is 0 Å². The molecule has 0 spiro atoms. The molecule has 8 atom stereocenters. The molecule has 0 saturated carbocycles. The molecule has 2 fully saturated rings. The van der Waals surface area contributed by atoms with Crippen LogP contribution in [0.4, 0.5) is 0 Å². The SMILES string of the molecule is C[C@@H]1O[C@@H](Oc2c(-c3ccc(O)c(O)c3)oc3cc(O)cc(O)c3c2=O)[C@H](O[C@@H]2OC[C@](O)(CO)[C@H]2O)[C@H](O)[C@H]1O. The zero-order chi connectivity index (χ0) is 29.8. The van der Waals surface area contributed by atoms with Crippen molar-refractivity contribution in [3.05, 3.63) is 40.6 Å². The van der Waals surface area contributed by atoms with Gasteiger partial charge in [0.2, 0.25) is 17.5 Å². The van der Waals surface area contributed by atoms with Crippen molar-refractivity contribution in [2.75, 3.05) is 13.2 Å². The van der Waals surface area contributed by atoms with E-state index in [2.05, 4.69) is 0 Å². The number of phenolic OH excluding ortho intramolecular Hbond substituents is 4. The number of hydrogen-bond acceptors (Lipinski definition) is 15. The number of phenols is 4. The summed E-state index contributed by atoms with van der Waals surface area (Å²) in [6.07, 6.45) is -11.2. The lowest BCUT2D eigenvalue weighted by molar-refractivity contribution is -0.313. The standard InChI is InChI=1S/C26H28O15/c1-9-17(32)19(34)22(41-25-23(35)26(36,7-27)8-37-25)24(38-9)40-21-18(33)16-14(31)5-11(28)6-15(16)39-20(21)10-2-3-12(29)13(30)4-10/h2-6,9,17,19,22-25,27-32,34-36H,7-8H2,1H3/t9-,17-,19+,22+,23-,24-,25-,26+/m0/s1. The maximum atomic E-state index is 13.7. The molecule has 0 amide bonds. The van der Waals surface area contributed by atoms with E-state index < -0.39 is 101 Å². The van der Waals surface area contributed by atoms with Gasteiger partial charge in [0.15, 0.2) is 29.7 Å². The van der Waals surface area contributed by atoms with E-state index in [0.717, 1.165) is 24.3 Å². The molecule has 0 aliphatic carbocycles. The first-order valence-electron chi connectivity index (χ1n) is 12.4. The van der Waals surface area contributed by atoms with Crippen molar-refractivity contribution in [3.63, 3.8) is 0 Å². The highest BCUT2D eigenvalue weighted by Gasteiger charge is 2.53. The molecule has 15 heteroatoms. The summed E-state index contributed by atoms with van der Waals surface area (Å²) in [5, 5.41) is 91.2. The molecule has 15 nitrogen and oxygen atoms in total. The molecule has 3 heterocycles. The van der Waals surface area contributed by atoms with E-state index in [9.17, 15) is 50.8 Å². The average Bonchev–Trinajstić information content (AvgIpc) is 3.21. The van der Waals surface area contributed by atoms with Crippen LogP contribution in [0.15, 0.2) is 39.5 Å². The van der Waals surface area contributed by atoms with Gasteiger partial charge in [-0.15, -0.1) is 0 Å². The third kappa shape index (κ3) is 5.02. The summed E-state index contributed by atoms with van der Waals surface area (Å²) in [5.41, 5.74) is -3.33. The molecule has 2 aliphatic rings. The lowest BCUT2D eigenvalue weighted by Gasteiger charge is -2.42. The third-order valence-corrected chi connectivity index (χ3v) is 7.04. The fourth-order valence-corrected chi connectivity index (χ4v) is 4.65. The topological polar surface area (TPSA) is 249 Å². The second kappa shape index (κ2) is 10.6. The van der Waals surface area contributed by atoms with Crippen LogP contribution in [0.5, 0.6) is 28.7 Å². The van der Waals surface area contributed by atoms with Crippen molar-refractivity contribution in [2.45, 2.75) is 55.6 Å². The van der Waals surface area contributed by atoms with Crippen molar-refractivity contribution in [1.82, 2.24) is 0 Å². The number of fused-ring (bicyclic) bond motifs is 1. The van der Waals surface area contributed by atoms with Crippen LogP contribution in [0, 0.1) is 0 Å². The van der Waals surface area contributed by atoms with Gasteiger partial charge in [0.1, 0.15) is 46.4 Å². The molecular formula is C26H28O15. The number of hydrogen-bond donors (Lipinski definition) is 9. The minimum Gasteiger partial charge on any atom is -0.508 e. The van der Waals surface area contributed by atoms with Gasteiger partial charge in [-0.25, -0.2) is 0 Å². The molecule has 3 aromatic rings. The van der Waals surface area contributed by atoms with Gasteiger partial charge < -0.3 is 69.3 Å². The van der Waals surface area contributed by atoms with E-state index >= 15 is 0 Å². The highest BCUT2D eigenvalue weighted by molar-refractivity contribution is 5.88. The van der Waals surface area contributed by atoms with Gasteiger partial charge in [0.05, 0.1) is 19.3 Å². The Bertz CT molecular complexity index is 1500. The normalized spacial score (nSPS) is 31.9.